The highest BCUT2D eigenvalue weighted by atomic mass is 16.5. The Hall–Kier alpha value is -1.55. The number of nitrogens with one attached hydrogen (secondary N) is 2. The van der Waals surface area contributed by atoms with Crippen molar-refractivity contribution in [2.75, 3.05) is 19.0 Å². The summed E-state index contributed by atoms with van der Waals surface area (Å²) in [7, 11) is 1.64. The van der Waals surface area contributed by atoms with Crippen LogP contribution in [0, 0.1) is 13.8 Å². The van der Waals surface area contributed by atoms with E-state index in [4.69, 9.17) is 4.74 Å². The van der Waals surface area contributed by atoms with E-state index < -0.39 is 0 Å². The lowest BCUT2D eigenvalue weighted by Gasteiger charge is -2.14. The van der Waals surface area contributed by atoms with Crippen LogP contribution in [0.25, 0.3) is 0 Å². The number of carbonyl (C=O) groups is 1. The highest BCUT2D eigenvalue weighted by Crippen LogP contribution is 2.28. The minimum atomic E-state index is -0.0438. The average Bonchev–Trinajstić information content (AvgIpc) is 2.31. The van der Waals surface area contributed by atoms with E-state index in [0.717, 1.165) is 22.6 Å². The third-order valence-electron chi connectivity index (χ3n) is 2.75. The van der Waals surface area contributed by atoms with E-state index in [1.165, 1.54) is 0 Å². The molecule has 0 atom stereocenters. The van der Waals surface area contributed by atoms with Crippen LogP contribution in [0.15, 0.2) is 12.1 Å². The molecule has 18 heavy (non-hydrogen) atoms. The van der Waals surface area contributed by atoms with Crippen molar-refractivity contribution in [3.05, 3.63) is 23.3 Å². The summed E-state index contributed by atoms with van der Waals surface area (Å²) in [6.45, 7) is 8.25. The van der Waals surface area contributed by atoms with Crippen LogP contribution in [-0.4, -0.2) is 25.6 Å². The van der Waals surface area contributed by atoms with Gasteiger partial charge in [-0.1, -0.05) is 19.9 Å². The molecule has 0 radical (unpaired) electrons. The summed E-state index contributed by atoms with van der Waals surface area (Å²) in [5.41, 5.74) is 2.82. The Balaban J connectivity index is 2.76. The van der Waals surface area contributed by atoms with Gasteiger partial charge in [-0.25, -0.2) is 0 Å². The summed E-state index contributed by atoms with van der Waals surface area (Å²) < 4.78 is 5.33. The van der Waals surface area contributed by atoms with Crippen molar-refractivity contribution < 1.29 is 9.53 Å². The van der Waals surface area contributed by atoms with E-state index in [2.05, 4.69) is 10.6 Å². The molecule has 0 heterocycles. The summed E-state index contributed by atoms with van der Waals surface area (Å²) in [6.07, 6.45) is 0. The van der Waals surface area contributed by atoms with Crippen LogP contribution in [0.1, 0.15) is 25.0 Å². The van der Waals surface area contributed by atoms with Gasteiger partial charge in [-0.2, -0.15) is 0 Å². The molecule has 0 unspecified atom stereocenters. The molecule has 0 aliphatic rings. The Bertz CT molecular complexity index is 428. The minimum absolute atomic E-state index is 0.0438. The van der Waals surface area contributed by atoms with Gasteiger partial charge in [0.15, 0.2) is 0 Å². The molecular formula is C14H22N2O2. The Labute approximate surface area is 109 Å². The monoisotopic (exact) mass is 250 g/mol. The molecule has 4 nitrogen and oxygen atoms in total. The quantitative estimate of drug-likeness (QED) is 0.842. The van der Waals surface area contributed by atoms with Crippen molar-refractivity contribution in [1.82, 2.24) is 5.32 Å². The van der Waals surface area contributed by atoms with Crippen LogP contribution in [0.2, 0.25) is 0 Å². The van der Waals surface area contributed by atoms with E-state index in [1.54, 1.807) is 7.11 Å². The number of benzene rings is 1. The predicted octanol–water partition coefficient (Wildman–Crippen LogP) is 2.25. The van der Waals surface area contributed by atoms with Gasteiger partial charge in [-0.05, 0) is 25.5 Å². The maximum Gasteiger partial charge on any atom is 0.238 e. The Kier molecular flexibility index (Phi) is 5.16. The van der Waals surface area contributed by atoms with E-state index in [-0.39, 0.29) is 5.91 Å². The molecule has 0 fully saturated rings. The number of methoxy groups -OCH3 is 1. The van der Waals surface area contributed by atoms with Crippen molar-refractivity contribution in [3.8, 4) is 5.75 Å². The second-order valence-electron chi connectivity index (χ2n) is 4.67. The molecule has 0 aliphatic carbocycles. The number of aryl methyl sites for hydroxylation is 1. The van der Waals surface area contributed by atoms with Gasteiger partial charge in [0.25, 0.3) is 0 Å². The van der Waals surface area contributed by atoms with E-state index in [9.17, 15) is 4.79 Å². The first kappa shape index (κ1) is 14.5. The molecule has 0 bridgehead atoms. The molecule has 0 aliphatic heterocycles. The third-order valence-corrected chi connectivity index (χ3v) is 2.75. The lowest BCUT2D eigenvalue weighted by atomic mass is 10.1. The molecule has 0 aromatic heterocycles. The smallest absolute Gasteiger partial charge is 0.238 e. The fourth-order valence-corrected chi connectivity index (χ4v) is 1.77. The number of amides is 1. The first-order valence-electron chi connectivity index (χ1n) is 6.13. The highest BCUT2D eigenvalue weighted by molar-refractivity contribution is 5.93. The van der Waals surface area contributed by atoms with E-state index in [0.29, 0.717) is 12.6 Å². The van der Waals surface area contributed by atoms with Crippen LogP contribution >= 0.6 is 0 Å². The molecule has 1 aromatic carbocycles. The van der Waals surface area contributed by atoms with Gasteiger partial charge in [0.1, 0.15) is 5.75 Å². The van der Waals surface area contributed by atoms with Crippen molar-refractivity contribution in [1.29, 1.82) is 0 Å². The minimum Gasteiger partial charge on any atom is -0.496 e. The molecule has 1 amide bonds. The second kappa shape index (κ2) is 6.40. The Morgan fingerprint density at radius 3 is 2.56 bits per heavy atom. The zero-order valence-corrected chi connectivity index (χ0v) is 11.8. The maximum absolute atomic E-state index is 11.7. The number of hydrogen-bond acceptors (Lipinski definition) is 3. The summed E-state index contributed by atoms with van der Waals surface area (Å²) in [4.78, 5) is 11.7. The highest BCUT2D eigenvalue weighted by Gasteiger charge is 2.10. The molecule has 0 spiro atoms. The first-order valence-corrected chi connectivity index (χ1v) is 6.13. The number of anilines is 1. The zero-order chi connectivity index (χ0) is 13.7. The van der Waals surface area contributed by atoms with Gasteiger partial charge in [-0.15, -0.1) is 0 Å². The standard InChI is InChI=1S/C14H22N2O2/c1-9(2)15-8-13(17)16-12-7-6-10(3)14(18-5)11(12)4/h6-7,9,15H,8H2,1-5H3,(H,16,17). The summed E-state index contributed by atoms with van der Waals surface area (Å²) >= 11 is 0. The van der Waals surface area contributed by atoms with Gasteiger partial charge in [-0.3, -0.25) is 4.79 Å². The number of carbonyl (C=O) groups excluding carboxylic acids is 1. The topological polar surface area (TPSA) is 50.4 Å². The molecule has 100 valence electrons. The van der Waals surface area contributed by atoms with Gasteiger partial charge < -0.3 is 15.4 Å². The number of hydrogen-bond donors (Lipinski definition) is 2. The molecule has 1 aromatic rings. The third kappa shape index (κ3) is 3.74. The van der Waals surface area contributed by atoms with Crippen molar-refractivity contribution >= 4 is 11.6 Å². The largest absolute Gasteiger partial charge is 0.496 e. The summed E-state index contributed by atoms with van der Waals surface area (Å²) in [5.74, 6) is 0.780. The van der Waals surface area contributed by atoms with Crippen LogP contribution in [0.4, 0.5) is 5.69 Å². The normalized spacial score (nSPS) is 10.6. The summed E-state index contributed by atoms with van der Waals surface area (Å²) in [6, 6.07) is 4.14. The first-order chi connectivity index (χ1) is 8.45. The van der Waals surface area contributed by atoms with Crippen LogP contribution in [-0.2, 0) is 4.79 Å². The number of rotatable bonds is 5. The van der Waals surface area contributed by atoms with Gasteiger partial charge in [0.2, 0.25) is 5.91 Å². The lowest BCUT2D eigenvalue weighted by molar-refractivity contribution is -0.115. The van der Waals surface area contributed by atoms with Gasteiger partial charge in [0, 0.05) is 17.3 Å². The van der Waals surface area contributed by atoms with Gasteiger partial charge in [0.05, 0.1) is 13.7 Å². The summed E-state index contributed by atoms with van der Waals surface area (Å²) in [5, 5.41) is 5.97. The molecule has 2 N–H and O–H groups in total. The molecule has 0 saturated heterocycles. The fourth-order valence-electron chi connectivity index (χ4n) is 1.77. The Morgan fingerprint density at radius 2 is 2.00 bits per heavy atom. The fraction of sp³-hybridized carbons (Fsp3) is 0.500. The average molecular weight is 250 g/mol. The van der Waals surface area contributed by atoms with Crippen LogP contribution < -0.4 is 15.4 Å². The van der Waals surface area contributed by atoms with E-state index in [1.807, 2.05) is 39.8 Å². The van der Waals surface area contributed by atoms with Crippen molar-refractivity contribution in [3.63, 3.8) is 0 Å². The SMILES string of the molecule is COc1c(C)ccc(NC(=O)CNC(C)C)c1C. The second-order valence-corrected chi connectivity index (χ2v) is 4.67. The molecule has 1 rings (SSSR count). The van der Waals surface area contributed by atoms with Crippen LogP contribution in [0.3, 0.4) is 0 Å². The Morgan fingerprint density at radius 1 is 1.33 bits per heavy atom. The number of ether oxygens (including phenoxy) is 1. The van der Waals surface area contributed by atoms with Gasteiger partial charge >= 0.3 is 0 Å². The predicted molar refractivity (Wildman–Crippen MR) is 74.2 cm³/mol. The maximum atomic E-state index is 11.7. The van der Waals surface area contributed by atoms with Crippen molar-refractivity contribution in [2.45, 2.75) is 33.7 Å². The van der Waals surface area contributed by atoms with Crippen LogP contribution in [0.5, 0.6) is 5.75 Å². The van der Waals surface area contributed by atoms with Crippen molar-refractivity contribution in [2.24, 2.45) is 0 Å². The van der Waals surface area contributed by atoms with E-state index >= 15 is 0 Å². The molecular weight excluding hydrogens is 228 g/mol. The lowest BCUT2D eigenvalue weighted by Crippen LogP contribution is -2.32. The molecule has 4 heteroatoms. The molecule has 0 saturated carbocycles. The zero-order valence-electron chi connectivity index (χ0n) is 11.8.